The molecule has 3 aromatic carbocycles. The molecule has 172 valence electrons. The molecule has 0 saturated heterocycles. The lowest BCUT2D eigenvalue weighted by atomic mass is 10.0. The van der Waals surface area contributed by atoms with Gasteiger partial charge in [0.15, 0.2) is 11.3 Å². The average Bonchev–Trinajstić information content (AvgIpc) is 2.77. The molecule has 34 heavy (non-hydrogen) atoms. The number of aliphatic hydroxyl groups is 1. The molecule has 1 aromatic heterocycles. The summed E-state index contributed by atoms with van der Waals surface area (Å²) in [5.41, 5.74) is 3.71. The third-order valence-corrected chi connectivity index (χ3v) is 5.62. The summed E-state index contributed by atoms with van der Waals surface area (Å²) < 4.78 is 11.2. The Labute approximate surface area is 197 Å². The van der Waals surface area contributed by atoms with E-state index in [9.17, 15) is 14.7 Å². The van der Waals surface area contributed by atoms with Gasteiger partial charge in [-0.15, -0.1) is 0 Å². The van der Waals surface area contributed by atoms with Crippen molar-refractivity contribution in [1.29, 1.82) is 0 Å². The molecule has 0 amide bonds. The number of rotatable bonds is 4. The molecule has 6 heteroatoms. The van der Waals surface area contributed by atoms with Crippen molar-refractivity contribution in [1.82, 2.24) is 4.98 Å². The first-order valence-electron chi connectivity index (χ1n) is 10.9. The van der Waals surface area contributed by atoms with Crippen LogP contribution >= 0.6 is 0 Å². The number of aliphatic hydroxyl groups excluding tert-OH is 1. The summed E-state index contributed by atoms with van der Waals surface area (Å²) in [4.78, 5) is 30.9. The number of carbonyl (C=O) groups excluding carboxylic acids is 1. The van der Waals surface area contributed by atoms with Crippen molar-refractivity contribution in [2.24, 2.45) is 0 Å². The lowest BCUT2D eigenvalue weighted by Gasteiger charge is -2.15. The van der Waals surface area contributed by atoms with Gasteiger partial charge in [0.05, 0.1) is 0 Å². The minimum atomic E-state index is -0.900. The topological polar surface area (TPSA) is 89.6 Å². The highest BCUT2D eigenvalue weighted by molar-refractivity contribution is 6.23. The summed E-state index contributed by atoms with van der Waals surface area (Å²) in [5, 5.41) is 11.3. The number of aryl methyl sites for hydroxylation is 5. The van der Waals surface area contributed by atoms with E-state index in [2.05, 4.69) is 4.98 Å². The molecule has 0 saturated carbocycles. The van der Waals surface area contributed by atoms with Crippen LogP contribution in [-0.2, 0) is 4.79 Å². The fourth-order valence-corrected chi connectivity index (χ4v) is 4.02. The molecular formula is C28H25NO5. The zero-order valence-corrected chi connectivity index (χ0v) is 19.7. The maximum absolute atomic E-state index is 13.5. The van der Waals surface area contributed by atoms with Gasteiger partial charge in [0, 0.05) is 5.56 Å². The Morgan fingerprint density at radius 1 is 0.882 bits per heavy atom. The fraction of sp³-hybridized carbons (Fsp3) is 0.179. The van der Waals surface area contributed by atoms with Crippen LogP contribution in [0.2, 0.25) is 0 Å². The van der Waals surface area contributed by atoms with Crippen molar-refractivity contribution in [2.75, 3.05) is 0 Å². The van der Waals surface area contributed by atoms with Crippen LogP contribution in [0.5, 0.6) is 5.75 Å². The number of esters is 1. The minimum absolute atomic E-state index is 0.285. The van der Waals surface area contributed by atoms with Crippen molar-refractivity contribution in [3.63, 3.8) is 0 Å². The smallest absolute Gasteiger partial charge is 0.363 e. The van der Waals surface area contributed by atoms with Crippen LogP contribution in [0.3, 0.4) is 0 Å². The molecule has 0 atom stereocenters. The molecule has 6 nitrogen and oxygen atoms in total. The zero-order chi connectivity index (χ0) is 24.6. The lowest BCUT2D eigenvalue weighted by molar-refractivity contribution is -0.128. The van der Waals surface area contributed by atoms with Crippen LogP contribution in [0.15, 0.2) is 63.8 Å². The predicted octanol–water partition coefficient (Wildman–Crippen LogP) is 5.76. The first-order chi connectivity index (χ1) is 16.2. The van der Waals surface area contributed by atoms with Crippen molar-refractivity contribution in [3.05, 3.63) is 104 Å². The average molecular weight is 456 g/mol. The molecule has 1 heterocycles. The van der Waals surface area contributed by atoms with E-state index in [0.29, 0.717) is 22.4 Å². The number of benzene rings is 3. The molecule has 4 rings (SSSR count). The van der Waals surface area contributed by atoms with Gasteiger partial charge in [-0.3, -0.25) is 0 Å². The normalized spacial score (nSPS) is 11.9. The number of hydrogen-bond donors (Lipinski definition) is 1. The Morgan fingerprint density at radius 2 is 1.56 bits per heavy atom. The second-order valence-corrected chi connectivity index (χ2v) is 8.48. The van der Waals surface area contributed by atoms with Crippen molar-refractivity contribution in [3.8, 4) is 5.75 Å². The number of ether oxygens (including phenoxy) is 1. The third kappa shape index (κ3) is 4.35. The quantitative estimate of drug-likeness (QED) is 0.182. The number of hydrogen-bond acceptors (Lipinski definition) is 6. The number of nitrogens with zero attached hydrogens (tertiary/aromatic N) is 1. The van der Waals surface area contributed by atoms with E-state index in [1.165, 1.54) is 0 Å². The minimum Gasteiger partial charge on any atom is -0.506 e. The highest BCUT2D eigenvalue weighted by Gasteiger charge is 2.28. The Bertz CT molecular complexity index is 1500. The molecule has 4 aromatic rings. The SMILES string of the molecule is Cc1cc(C)c(OC(=O)/C(=C(/O)c2ccccc2C)c2nc3cc(C)ccc3oc2=O)c(C)c1. The number of fused-ring (bicyclic) bond motifs is 1. The van der Waals surface area contributed by atoms with E-state index < -0.39 is 17.4 Å². The molecule has 0 bridgehead atoms. The monoisotopic (exact) mass is 455 g/mol. The van der Waals surface area contributed by atoms with E-state index in [0.717, 1.165) is 22.3 Å². The summed E-state index contributed by atoms with van der Waals surface area (Å²) in [7, 11) is 0. The van der Waals surface area contributed by atoms with Crippen LogP contribution in [-0.4, -0.2) is 16.1 Å². The van der Waals surface area contributed by atoms with Crippen LogP contribution in [0, 0.1) is 34.6 Å². The van der Waals surface area contributed by atoms with E-state index in [4.69, 9.17) is 9.15 Å². The van der Waals surface area contributed by atoms with E-state index in [-0.39, 0.29) is 16.9 Å². The molecule has 1 N–H and O–H groups in total. The number of aromatic nitrogens is 1. The highest BCUT2D eigenvalue weighted by Crippen LogP contribution is 2.30. The second kappa shape index (κ2) is 8.98. The van der Waals surface area contributed by atoms with Crippen LogP contribution in [0.1, 0.15) is 39.1 Å². The second-order valence-electron chi connectivity index (χ2n) is 8.48. The van der Waals surface area contributed by atoms with Crippen LogP contribution < -0.4 is 10.4 Å². The molecule has 0 radical (unpaired) electrons. The van der Waals surface area contributed by atoms with Gasteiger partial charge in [-0.25, -0.2) is 14.6 Å². The summed E-state index contributed by atoms with van der Waals surface area (Å²) in [6.45, 7) is 9.29. The highest BCUT2D eigenvalue weighted by atomic mass is 16.5. The van der Waals surface area contributed by atoms with Crippen molar-refractivity contribution < 1.29 is 19.1 Å². The van der Waals surface area contributed by atoms with Gasteiger partial charge < -0.3 is 14.3 Å². The van der Waals surface area contributed by atoms with Gasteiger partial charge >= 0.3 is 11.6 Å². The summed E-state index contributed by atoms with van der Waals surface area (Å²) in [6.07, 6.45) is 0. The van der Waals surface area contributed by atoms with Crippen LogP contribution in [0.4, 0.5) is 0 Å². The van der Waals surface area contributed by atoms with Crippen LogP contribution in [0.25, 0.3) is 22.4 Å². The van der Waals surface area contributed by atoms with Gasteiger partial charge in [0.1, 0.15) is 22.6 Å². The standard InChI is InChI=1S/C28H25NO5/c1-15-10-11-22-21(14-15)29-24(28(32)33-22)23(25(30)20-9-7-6-8-17(20)3)27(31)34-26-18(4)12-16(2)13-19(26)5/h6-14,30H,1-5H3/b25-23+. The van der Waals surface area contributed by atoms with Gasteiger partial charge in [-0.05, 0) is 69.0 Å². The summed E-state index contributed by atoms with van der Waals surface area (Å²) >= 11 is 0. The number of carbonyl (C=O) groups is 1. The van der Waals surface area contributed by atoms with Gasteiger partial charge in [0.2, 0.25) is 0 Å². The Kier molecular flexibility index (Phi) is 6.07. The molecule has 0 aliphatic carbocycles. The van der Waals surface area contributed by atoms with Crippen molar-refractivity contribution in [2.45, 2.75) is 34.6 Å². The summed E-state index contributed by atoms with van der Waals surface area (Å²) in [5.74, 6) is -0.938. The lowest BCUT2D eigenvalue weighted by Crippen LogP contribution is -2.20. The Hall–Kier alpha value is -4.19. The predicted molar refractivity (Wildman–Crippen MR) is 132 cm³/mol. The first kappa shape index (κ1) is 23.0. The Balaban J connectivity index is 1.95. The third-order valence-electron chi connectivity index (χ3n) is 5.62. The Morgan fingerprint density at radius 3 is 2.24 bits per heavy atom. The van der Waals surface area contributed by atoms with Crippen molar-refractivity contribution >= 4 is 28.4 Å². The van der Waals surface area contributed by atoms with E-state index in [1.807, 2.05) is 45.9 Å². The van der Waals surface area contributed by atoms with Gasteiger partial charge in [-0.2, -0.15) is 0 Å². The molecular weight excluding hydrogens is 430 g/mol. The van der Waals surface area contributed by atoms with Gasteiger partial charge in [-0.1, -0.05) is 48.0 Å². The van der Waals surface area contributed by atoms with E-state index >= 15 is 0 Å². The molecule has 0 aliphatic rings. The van der Waals surface area contributed by atoms with Gasteiger partial charge in [0.25, 0.3) is 0 Å². The molecule has 0 fully saturated rings. The fourth-order valence-electron chi connectivity index (χ4n) is 4.02. The largest absolute Gasteiger partial charge is 0.506 e. The maximum Gasteiger partial charge on any atom is 0.363 e. The van der Waals surface area contributed by atoms with E-state index in [1.54, 1.807) is 43.3 Å². The first-order valence-corrected chi connectivity index (χ1v) is 10.9. The maximum atomic E-state index is 13.5. The molecule has 0 spiro atoms. The summed E-state index contributed by atoms with van der Waals surface area (Å²) in [6, 6.07) is 16.0. The molecule has 0 aliphatic heterocycles. The molecule has 0 unspecified atom stereocenters. The zero-order valence-electron chi connectivity index (χ0n) is 19.7.